The number of benzene rings is 1. The first-order valence-electron chi connectivity index (χ1n) is 12.7. The van der Waals surface area contributed by atoms with Crippen LogP contribution in [0.15, 0.2) is 24.3 Å². The lowest BCUT2D eigenvalue weighted by Crippen LogP contribution is -2.43. The van der Waals surface area contributed by atoms with E-state index >= 15 is 0 Å². The van der Waals surface area contributed by atoms with Gasteiger partial charge in [-0.25, -0.2) is 0 Å². The van der Waals surface area contributed by atoms with Gasteiger partial charge in [0.05, 0.1) is 7.11 Å². The Labute approximate surface area is 207 Å². The van der Waals surface area contributed by atoms with E-state index in [-0.39, 0.29) is 11.8 Å². The lowest BCUT2D eigenvalue weighted by molar-refractivity contribution is -0.136. The van der Waals surface area contributed by atoms with Crippen molar-refractivity contribution in [2.45, 2.75) is 90.0 Å². The fourth-order valence-corrected chi connectivity index (χ4v) is 5.15. The average molecular weight is 487 g/mol. The SMILES string of the molecule is CCCCCCCCCCCC(=O)N1CCCC1C(=O)Nc1nnc(-c2cccc(OC)c2)s1. The predicted molar refractivity (Wildman–Crippen MR) is 137 cm³/mol. The number of nitrogens with one attached hydrogen (secondary N) is 1. The second-order valence-electron chi connectivity index (χ2n) is 8.96. The zero-order valence-electron chi connectivity index (χ0n) is 20.6. The number of unbranched alkanes of at least 4 members (excludes halogenated alkanes) is 8. The Bertz CT molecular complexity index is 917. The molecule has 7 nitrogen and oxygen atoms in total. The van der Waals surface area contributed by atoms with Crippen molar-refractivity contribution in [2.24, 2.45) is 0 Å². The van der Waals surface area contributed by atoms with Crippen LogP contribution in [0.5, 0.6) is 5.75 Å². The van der Waals surface area contributed by atoms with Crippen LogP contribution in [0.25, 0.3) is 10.6 Å². The van der Waals surface area contributed by atoms with E-state index in [1.54, 1.807) is 12.0 Å². The molecule has 1 saturated heterocycles. The summed E-state index contributed by atoms with van der Waals surface area (Å²) in [6.07, 6.45) is 13.1. The van der Waals surface area contributed by atoms with Crippen molar-refractivity contribution in [1.82, 2.24) is 15.1 Å². The Balaban J connectivity index is 1.42. The lowest BCUT2D eigenvalue weighted by Gasteiger charge is -2.23. The predicted octanol–water partition coefficient (Wildman–Crippen LogP) is 6.06. The zero-order valence-corrected chi connectivity index (χ0v) is 21.4. The maximum atomic E-state index is 12.9. The van der Waals surface area contributed by atoms with Crippen LogP contribution in [-0.2, 0) is 9.59 Å². The molecule has 1 atom stereocenters. The molecule has 1 unspecified atom stereocenters. The van der Waals surface area contributed by atoms with E-state index in [1.165, 1.54) is 56.3 Å². The minimum Gasteiger partial charge on any atom is -0.497 e. The highest BCUT2D eigenvalue weighted by molar-refractivity contribution is 7.18. The van der Waals surface area contributed by atoms with E-state index in [0.717, 1.165) is 30.6 Å². The molecule has 0 spiro atoms. The van der Waals surface area contributed by atoms with Gasteiger partial charge in [-0.3, -0.25) is 14.9 Å². The number of rotatable bonds is 14. The number of ether oxygens (including phenoxy) is 1. The smallest absolute Gasteiger partial charge is 0.249 e. The normalized spacial score (nSPS) is 15.5. The molecule has 1 N–H and O–H groups in total. The second kappa shape index (κ2) is 14.0. The molecule has 2 amide bonds. The number of nitrogens with zero attached hydrogens (tertiary/aromatic N) is 3. The van der Waals surface area contributed by atoms with Gasteiger partial charge in [0.1, 0.15) is 16.8 Å². The van der Waals surface area contributed by atoms with E-state index < -0.39 is 6.04 Å². The van der Waals surface area contributed by atoms with Gasteiger partial charge in [0, 0.05) is 18.5 Å². The van der Waals surface area contributed by atoms with Crippen molar-refractivity contribution in [3.8, 4) is 16.3 Å². The lowest BCUT2D eigenvalue weighted by atomic mass is 10.1. The molecule has 1 fully saturated rings. The maximum absolute atomic E-state index is 12.9. The first kappa shape index (κ1) is 26.1. The molecule has 1 aromatic carbocycles. The van der Waals surface area contributed by atoms with Gasteiger partial charge in [-0.05, 0) is 31.4 Å². The number of carbonyl (C=O) groups excluding carboxylic acids is 2. The van der Waals surface area contributed by atoms with Gasteiger partial charge >= 0.3 is 0 Å². The number of amides is 2. The standard InChI is InChI=1S/C26H38N4O3S/c1-3-4-5-6-7-8-9-10-11-17-23(31)30-18-13-16-22(30)24(32)27-26-29-28-25(34-26)20-14-12-15-21(19-20)33-2/h12,14-15,19,22H,3-11,13,16-18H2,1-2H3,(H,27,29,32). The summed E-state index contributed by atoms with van der Waals surface area (Å²) < 4.78 is 5.26. The third-order valence-electron chi connectivity index (χ3n) is 6.34. The van der Waals surface area contributed by atoms with Crippen LogP contribution in [0.2, 0.25) is 0 Å². The van der Waals surface area contributed by atoms with Crippen LogP contribution in [0.4, 0.5) is 5.13 Å². The molecule has 0 radical (unpaired) electrons. The van der Waals surface area contributed by atoms with Crippen LogP contribution >= 0.6 is 11.3 Å². The van der Waals surface area contributed by atoms with Crippen LogP contribution in [0.3, 0.4) is 0 Å². The summed E-state index contributed by atoms with van der Waals surface area (Å²) in [5.74, 6) is 0.659. The van der Waals surface area contributed by atoms with Crippen molar-refractivity contribution in [2.75, 3.05) is 19.0 Å². The average Bonchev–Trinajstić information content (AvgIpc) is 3.53. The quantitative estimate of drug-likeness (QED) is 0.328. The Morgan fingerprint density at radius 3 is 2.56 bits per heavy atom. The maximum Gasteiger partial charge on any atom is 0.249 e. The number of methoxy groups -OCH3 is 1. The van der Waals surface area contributed by atoms with Crippen molar-refractivity contribution in [3.63, 3.8) is 0 Å². The van der Waals surface area contributed by atoms with Gasteiger partial charge in [-0.2, -0.15) is 0 Å². The minimum atomic E-state index is -0.421. The first-order valence-corrected chi connectivity index (χ1v) is 13.5. The molecule has 2 aromatic rings. The van der Waals surface area contributed by atoms with E-state index in [9.17, 15) is 9.59 Å². The van der Waals surface area contributed by atoms with Gasteiger partial charge in [0.25, 0.3) is 0 Å². The Hall–Kier alpha value is -2.48. The molecule has 0 aliphatic carbocycles. The van der Waals surface area contributed by atoms with E-state index in [1.807, 2.05) is 24.3 Å². The Morgan fingerprint density at radius 2 is 1.82 bits per heavy atom. The second-order valence-corrected chi connectivity index (χ2v) is 9.93. The molecule has 0 bridgehead atoms. The fourth-order valence-electron chi connectivity index (χ4n) is 4.40. The highest BCUT2D eigenvalue weighted by atomic mass is 32.1. The van der Waals surface area contributed by atoms with E-state index in [0.29, 0.717) is 29.5 Å². The van der Waals surface area contributed by atoms with Crippen molar-refractivity contribution < 1.29 is 14.3 Å². The molecular formula is C26H38N4O3S. The van der Waals surface area contributed by atoms with Crippen LogP contribution in [0.1, 0.15) is 84.0 Å². The van der Waals surface area contributed by atoms with Gasteiger partial charge in [0.15, 0.2) is 0 Å². The molecule has 1 aliphatic rings. The van der Waals surface area contributed by atoms with Crippen LogP contribution in [0, 0.1) is 0 Å². The molecule has 1 aliphatic heterocycles. The minimum absolute atomic E-state index is 0.0925. The number of hydrogen-bond acceptors (Lipinski definition) is 6. The Kier molecular flexibility index (Phi) is 10.8. The highest BCUT2D eigenvalue weighted by Crippen LogP contribution is 2.29. The third-order valence-corrected chi connectivity index (χ3v) is 7.23. The monoisotopic (exact) mass is 486 g/mol. The molecular weight excluding hydrogens is 448 g/mol. The third kappa shape index (κ3) is 7.79. The fraction of sp³-hybridized carbons (Fsp3) is 0.615. The number of hydrogen-bond donors (Lipinski definition) is 1. The van der Waals surface area contributed by atoms with Crippen LogP contribution in [-0.4, -0.2) is 46.6 Å². The number of carbonyl (C=O) groups is 2. The summed E-state index contributed by atoms with van der Waals surface area (Å²) in [4.78, 5) is 27.4. The number of likely N-dealkylation sites (tertiary alicyclic amines) is 1. The first-order chi connectivity index (χ1) is 16.6. The molecule has 186 valence electrons. The summed E-state index contributed by atoms with van der Waals surface area (Å²) in [7, 11) is 1.62. The number of anilines is 1. The van der Waals surface area contributed by atoms with Gasteiger partial charge in [-0.15, -0.1) is 10.2 Å². The van der Waals surface area contributed by atoms with Crippen LogP contribution < -0.4 is 10.1 Å². The molecule has 3 rings (SSSR count). The van der Waals surface area contributed by atoms with Crippen molar-refractivity contribution >= 4 is 28.3 Å². The summed E-state index contributed by atoms with van der Waals surface area (Å²) in [5, 5.41) is 12.3. The summed E-state index contributed by atoms with van der Waals surface area (Å²) in [5.41, 5.74) is 0.885. The van der Waals surface area contributed by atoms with E-state index in [4.69, 9.17) is 4.74 Å². The van der Waals surface area contributed by atoms with Gasteiger partial charge < -0.3 is 9.64 Å². The summed E-state index contributed by atoms with van der Waals surface area (Å²) in [6, 6.07) is 7.15. The highest BCUT2D eigenvalue weighted by Gasteiger charge is 2.34. The molecule has 34 heavy (non-hydrogen) atoms. The van der Waals surface area contributed by atoms with Crippen molar-refractivity contribution in [1.29, 1.82) is 0 Å². The number of aromatic nitrogens is 2. The summed E-state index contributed by atoms with van der Waals surface area (Å²) in [6.45, 7) is 2.89. The zero-order chi connectivity index (χ0) is 24.2. The van der Waals surface area contributed by atoms with Gasteiger partial charge in [-0.1, -0.05) is 81.8 Å². The van der Waals surface area contributed by atoms with E-state index in [2.05, 4.69) is 22.4 Å². The molecule has 1 aromatic heterocycles. The largest absolute Gasteiger partial charge is 0.497 e. The summed E-state index contributed by atoms with van der Waals surface area (Å²) >= 11 is 1.32. The molecule has 2 heterocycles. The Morgan fingerprint density at radius 1 is 1.09 bits per heavy atom. The van der Waals surface area contributed by atoms with Gasteiger partial charge in [0.2, 0.25) is 16.9 Å². The molecule has 0 saturated carbocycles. The topological polar surface area (TPSA) is 84.4 Å². The molecule has 8 heteroatoms. The van der Waals surface area contributed by atoms with Crippen molar-refractivity contribution in [3.05, 3.63) is 24.3 Å².